The Hall–Kier alpha value is -8.84. The minimum atomic E-state index is -0.727. The van der Waals surface area contributed by atoms with Crippen molar-refractivity contribution in [2.24, 2.45) is 5.92 Å². The van der Waals surface area contributed by atoms with Crippen LogP contribution in [0.3, 0.4) is 0 Å². The molecule has 73 heavy (non-hydrogen) atoms. The zero-order valence-electron chi connectivity index (χ0n) is 39.1. The molecule has 3 aliphatic rings. The van der Waals surface area contributed by atoms with Crippen LogP contribution in [0, 0.1) is 11.7 Å². The summed E-state index contributed by atoms with van der Waals surface area (Å²) in [6.45, 7) is 1.31. The number of hydrogen-bond donors (Lipinski definition) is 4. The van der Waals surface area contributed by atoms with E-state index in [9.17, 15) is 28.4 Å². The van der Waals surface area contributed by atoms with Gasteiger partial charge in [-0.25, -0.2) is 28.7 Å². The number of para-hydroxylation sites is 2. The zero-order chi connectivity index (χ0) is 50.6. The maximum Gasteiger partial charge on any atom is 0.284 e. The average molecular weight is 1000 g/mol. The molecule has 0 atom stereocenters. The van der Waals surface area contributed by atoms with Crippen LogP contribution in [0.4, 0.5) is 27.5 Å². The number of carbonyl (C=O) groups excluding carboxylic acids is 3. The standard InChI is InChI=1S/C28H26N6O4.C25H21ClFN5O3/c35-26(18-9-10-18)32-24-16-20(13-14-29-24)38-21-11-12-23(30-17-21)31-27(36)25-22-8-4-5-15-33(22)34(28(25)37)19-6-2-1-3-7-19;26-22-20(11-12-29-23(22)28)35-19-10-9-15(14-17(19)27)30-24(33)21-18-8-4-5-13-31(18)32(25(21)34)16-6-2-1-3-7-16/h1-3,6-7,11-14,16-18H,4-5,8-10,15H2,(H,29,32,35)(H,30,31,36);1-3,6-7,9-12,14H,4-5,8,13H2,(H2,28,29)(H,30,33). The number of nitrogens with two attached hydrogens (primary N) is 1. The van der Waals surface area contributed by atoms with Crippen molar-refractivity contribution in [3.8, 4) is 34.4 Å². The summed E-state index contributed by atoms with van der Waals surface area (Å²) in [5.41, 5.74) is 8.12. The Kier molecular flexibility index (Phi) is 13.7. The van der Waals surface area contributed by atoms with Crippen LogP contribution >= 0.6 is 11.6 Å². The first-order valence-electron chi connectivity index (χ1n) is 23.7. The van der Waals surface area contributed by atoms with Crippen LogP contribution in [0.5, 0.6) is 23.0 Å². The topological polar surface area (TPSA) is 224 Å². The van der Waals surface area contributed by atoms with E-state index in [0.717, 1.165) is 56.0 Å². The first-order valence-corrected chi connectivity index (χ1v) is 24.1. The number of nitrogen functional groups attached to an aromatic ring is 1. The van der Waals surface area contributed by atoms with Crippen LogP contribution in [0.25, 0.3) is 11.4 Å². The molecule has 3 amide bonds. The second kappa shape index (κ2) is 20.9. The Morgan fingerprint density at radius 3 is 1.84 bits per heavy atom. The van der Waals surface area contributed by atoms with Gasteiger partial charge in [0.2, 0.25) is 5.91 Å². The van der Waals surface area contributed by atoms with E-state index >= 15 is 0 Å². The van der Waals surface area contributed by atoms with Gasteiger partial charge in [-0.05, 0) is 106 Å². The second-order valence-corrected chi connectivity index (χ2v) is 17.9. The van der Waals surface area contributed by atoms with Crippen LogP contribution in [-0.4, -0.2) is 51.4 Å². The van der Waals surface area contributed by atoms with Gasteiger partial charge in [-0.2, -0.15) is 0 Å². The number of amides is 3. The summed E-state index contributed by atoms with van der Waals surface area (Å²) in [4.78, 5) is 77.4. The van der Waals surface area contributed by atoms with Gasteiger partial charge in [-0.1, -0.05) is 48.0 Å². The molecule has 7 heterocycles. The number of hydrogen-bond acceptors (Lipinski definition) is 11. The van der Waals surface area contributed by atoms with Gasteiger partial charge in [-0.15, -0.1) is 0 Å². The molecule has 18 nitrogen and oxygen atoms in total. The highest BCUT2D eigenvalue weighted by Crippen LogP contribution is 2.35. The van der Waals surface area contributed by atoms with E-state index in [1.54, 1.807) is 35.1 Å². The number of anilines is 4. The zero-order valence-corrected chi connectivity index (χ0v) is 39.9. The number of nitrogens with one attached hydrogen (secondary N) is 3. The fourth-order valence-electron chi connectivity index (χ4n) is 8.81. The van der Waals surface area contributed by atoms with E-state index in [1.807, 2.05) is 70.0 Å². The average Bonchev–Trinajstić information content (AvgIpc) is 4.15. The molecule has 370 valence electrons. The second-order valence-electron chi connectivity index (χ2n) is 17.5. The highest BCUT2D eigenvalue weighted by atomic mass is 35.5. The SMILES string of the molecule is Nc1nccc(Oc2ccc(NC(=O)c3c4n(n(-c5ccccc5)c3=O)CCCC4)cc2F)c1Cl.O=C(Nc1ccc(Oc2ccnc(NC(=O)C3CC3)c2)cn1)c1c2n(n(-c3ccccc3)c1=O)CCCC2. The van der Waals surface area contributed by atoms with Crippen LogP contribution < -0.4 is 42.3 Å². The highest BCUT2D eigenvalue weighted by molar-refractivity contribution is 6.34. The number of halogens is 2. The van der Waals surface area contributed by atoms with Crippen LogP contribution in [-0.2, 0) is 30.7 Å². The molecule has 2 aliphatic heterocycles. The summed E-state index contributed by atoms with van der Waals surface area (Å²) in [5, 5.41) is 8.27. The molecule has 0 bridgehead atoms. The van der Waals surface area contributed by atoms with E-state index in [-0.39, 0.29) is 56.5 Å². The summed E-state index contributed by atoms with van der Waals surface area (Å²) in [6, 6.07) is 30.5. The van der Waals surface area contributed by atoms with Crippen molar-refractivity contribution in [2.75, 3.05) is 21.7 Å². The number of fused-ring (bicyclic) bond motifs is 2. The molecule has 5 N–H and O–H groups in total. The molecule has 0 saturated heterocycles. The van der Waals surface area contributed by atoms with Gasteiger partial charge in [0.1, 0.15) is 45.1 Å². The maximum absolute atomic E-state index is 14.8. The normalized spacial score (nSPS) is 13.6. The van der Waals surface area contributed by atoms with Crippen molar-refractivity contribution in [1.82, 2.24) is 33.7 Å². The summed E-state index contributed by atoms with van der Waals surface area (Å²) in [5.74, 6) is 0.0101. The van der Waals surface area contributed by atoms with E-state index in [2.05, 4.69) is 30.9 Å². The molecular formula is C53H47ClFN11O7. The van der Waals surface area contributed by atoms with Crippen molar-refractivity contribution in [2.45, 2.75) is 64.5 Å². The quantitative estimate of drug-likeness (QED) is 0.0904. The summed E-state index contributed by atoms with van der Waals surface area (Å²) >= 11 is 6.06. The lowest BCUT2D eigenvalue weighted by Crippen LogP contribution is -2.26. The van der Waals surface area contributed by atoms with E-state index < -0.39 is 23.2 Å². The predicted molar refractivity (Wildman–Crippen MR) is 272 cm³/mol. The first-order chi connectivity index (χ1) is 35.5. The van der Waals surface area contributed by atoms with Gasteiger partial charge in [0, 0.05) is 55.3 Å². The molecule has 5 aromatic heterocycles. The lowest BCUT2D eigenvalue weighted by molar-refractivity contribution is -0.117. The molecule has 1 fully saturated rings. The number of carbonyl (C=O) groups is 3. The summed E-state index contributed by atoms with van der Waals surface area (Å²) < 4.78 is 33.0. The fraction of sp³-hybridized carbons (Fsp3) is 0.208. The largest absolute Gasteiger partial charge is 0.456 e. The Morgan fingerprint density at radius 1 is 0.630 bits per heavy atom. The van der Waals surface area contributed by atoms with Gasteiger partial charge in [0.05, 0.1) is 29.0 Å². The van der Waals surface area contributed by atoms with Gasteiger partial charge in [0.25, 0.3) is 22.9 Å². The van der Waals surface area contributed by atoms with Crippen molar-refractivity contribution in [1.29, 1.82) is 0 Å². The van der Waals surface area contributed by atoms with E-state index in [4.69, 9.17) is 26.8 Å². The highest BCUT2D eigenvalue weighted by Gasteiger charge is 2.31. The molecule has 8 aromatic rings. The first kappa shape index (κ1) is 47.8. The number of ether oxygens (including phenoxy) is 2. The van der Waals surface area contributed by atoms with Crippen LogP contribution in [0.1, 0.15) is 70.6 Å². The summed E-state index contributed by atoms with van der Waals surface area (Å²) in [7, 11) is 0. The third-order valence-electron chi connectivity index (χ3n) is 12.5. The van der Waals surface area contributed by atoms with Crippen molar-refractivity contribution >= 4 is 52.5 Å². The fourth-order valence-corrected chi connectivity index (χ4v) is 8.96. The lowest BCUT2D eigenvalue weighted by atomic mass is 10.1. The molecule has 0 radical (unpaired) electrons. The van der Waals surface area contributed by atoms with Crippen molar-refractivity contribution in [3.05, 3.63) is 182 Å². The van der Waals surface area contributed by atoms with Gasteiger partial charge in [0.15, 0.2) is 17.3 Å². The molecular weight excluding hydrogens is 957 g/mol. The molecule has 20 heteroatoms. The minimum absolute atomic E-state index is 0.0311. The van der Waals surface area contributed by atoms with Crippen molar-refractivity contribution in [3.63, 3.8) is 0 Å². The smallest absolute Gasteiger partial charge is 0.284 e. The van der Waals surface area contributed by atoms with Crippen LogP contribution in [0.2, 0.25) is 5.02 Å². The number of pyridine rings is 3. The minimum Gasteiger partial charge on any atom is -0.456 e. The van der Waals surface area contributed by atoms with E-state index in [0.29, 0.717) is 60.4 Å². The number of nitrogens with zero attached hydrogens (tertiary/aromatic N) is 7. The summed E-state index contributed by atoms with van der Waals surface area (Å²) in [6.07, 6.45) is 11.2. The Morgan fingerprint density at radius 2 is 1.25 bits per heavy atom. The number of benzene rings is 3. The maximum atomic E-state index is 14.8. The Labute approximate surface area is 421 Å². The number of aromatic nitrogens is 7. The molecule has 11 rings (SSSR count). The Balaban J connectivity index is 0.000000168. The molecule has 0 unspecified atom stereocenters. The monoisotopic (exact) mass is 1000 g/mol. The third-order valence-corrected chi connectivity index (χ3v) is 12.8. The molecule has 3 aromatic carbocycles. The predicted octanol–water partition coefficient (Wildman–Crippen LogP) is 8.95. The molecule has 1 aliphatic carbocycles. The number of rotatable bonds is 12. The van der Waals surface area contributed by atoms with Crippen molar-refractivity contribution < 1.29 is 28.2 Å². The van der Waals surface area contributed by atoms with E-state index in [1.165, 1.54) is 35.3 Å². The van der Waals surface area contributed by atoms with Gasteiger partial charge >= 0.3 is 0 Å². The van der Waals surface area contributed by atoms with Crippen LogP contribution in [0.15, 0.2) is 137 Å². The van der Waals surface area contributed by atoms with Gasteiger partial charge in [-0.3, -0.25) is 33.3 Å². The Bertz CT molecular complexity index is 3500. The lowest BCUT2D eigenvalue weighted by Gasteiger charge is -2.19. The van der Waals surface area contributed by atoms with Gasteiger partial charge < -0.3 is 31.2 Å². The molecule has 1 saturated carbocycles. The third kappa shape index (κ3) is 10.3. The molecule has 0 spiro atoms.